The molecule has 0 spiro atoms. The molecule has 0 unspecified atom stereocenters. The van der Waals surface area contributed by atoms with Crippen LogP contribution < -0.4 is 19.7 Å². The van der Waals surface area contributed by atoms with Gasteiger partial charge in [-0.25, -0.2) is 4.39 Å². The summed E-state index contributed by atoms with van der Waals surface area (Å²) in [6.45, 7) is -0.0579. The maximum Gasteiger partial charge on any atom is 0.243 e. The average molecular weight is 343 g/mol. The second-order valence-corrected chi connectivity index (χ2v) is 5.25. The molecule has 0 radical (unpaired) electrons. The molecule has 0 aliphatic carbocycles. The number of ether oxygens (including phenoxy) is 2. The SMILES string of the molecule is COc1cc(NC(=O)CN(C)c2cccc(F)c2C#N)cc(OC)c1. The number of nitrogens with zero attached hydrogens (tertiary/aromatic N) is 2. The zero-order valence-corrected chi connectivity index (χ0v) is 14.2. The fourth-order valence-corrected chi connectivity index (χ4v) is 2.32. The number of hydrogen-bond acceptors (Lipinski definition) is 5. The molecule has 25 heavy (non-hydrogen) atoms. The van der Waals surface area contributed by atoms with Gasteiger partial charge in [-0.1, -0.05) is 6.07 Å². The number of carbonyl (C=O) groups is 1. The summed E-state index contributed by atoms with van der Waals surface area (Å²) in [6.07, 6.45) is 0. The summed E-state index contributed by atoms with van der Waals surface area (Å²) in [5.74, 6) is 0.135. The van der Waals surface area contributed by atoms with Crippen molar-refractivity contribution in [2.75, 3.05) is 38.0 Å². The first-order chi connectivity index (χ1) is 12.0. The third-order valence-corrected chi connectivity index (χ3v) is 3.53. The average Bonchev–Trinajstić information content (AvgIpc) is 2.60. The van der Waals surface area contributed by atoms with Gasteiger partial charge in [-0.05, 0) is 12.1 Å². The predicted octanol–water partition coefficient (Wildman–Crippen LogP) is 2.79. The first kappa shape index (κ1) is 18.1. The van der Waals surface area contributed by atoms with Gasteiger partial charge in [0.05, 0.1) is 26.5 Å². The van der Waals surface area contributed by atoms with Crippen molar-refractivity contribution in [2.45, 2.75) is 0 Å². The van der Waals surface area contributed by atoms with E-state index in [2.05, 4.69) is 5.32 Å². The third kappa shape index (κ3) is 4.38. The molecule has 1 amide bonds. The van der Waals surface area contributed by atoms with Gasteiger partial charge in [0.2, 0.25) is 5.91 Å². The van der Waals surface area contributed by atoms with E-state index in [1.165, 1.54) is 31.3 Å². The van der Waals surface area contributed by atoms with Crippen LogP contribution in [0.5, 0.6) is 11.5 Å². The Hall–Kier alpha value is -3.27. The van der Waals surface area contributed by atoms with Crippen LogP contribution in [0, 0.1) is 17.1 Å². The van der Waals surface area contributed by atoms with Crippen LogP contribution in [0.4, 0.5) is 15.8 Å². The van der Waals surface area contributed by atoms with Gasteiger partial charge >= 0.3 is 0 Å². The monoisotopic (exact) mass is 343 g/mol. The van der Waals surface area contributed by atoms with E-state index in [-0.39, 0.29) is 18.0 Å². The van der Waals surface area contributed by atoms with Crippen LogP contribution in [0.2, 0.25) is 0 Å². The van der Waals surface area contributed by atoms with Crippen molar-refractivity contribution < 1.29 is 18.7 Å². The number of halogens is 1. The van der Waals surface area contributed by atoms with Crippen molar-refractivity contribution >= 4 is 17.3 Å². The normalized spacial score (nSPS) is 9.88. The molecule has 0 atom stereocenters. The van der Waals surface area contributed by atoms with E-state index >= 15 is 0 Å². The smallest absolute Gasteiger partial charge is 0.243 e. The van der Waals surface area contributed by atoms with E-state index in [0.717, 1.165) is 0 Å². The van der Waals surface area contributed by atoms with Crippen LogP contribution in [-0.2, 0) is 4.79 Å². The fourth-order valence-electron chi connectivity index (χ4n) is 2.32. The summed E-state index contributed by atoms with van der Waals surface area (Å²) >= 11 is 0. The van der Waals surface area contributed by atoms with Crippen molar-refractivity contribution in [3.05, 3.63) is 47.8 Å². The maximum absolute atomic E-state index is 13.7. The Morgan fingerprint density at radius 2 is 1.88 bits per heavy atom. The summed E-state index contributed by atoms with van der Waals surface area (Å²) in [5.41, 5.74) is 0.760. The number of nitrogens with one attached hydrogen (secondary N) is 1. The van der Waals surface area contributed by atoms with Crippen molar-refractivity contribution in [3.63, 3.8) is 0 Å². The molecule has 0 aromatic heterocycles. The van der Waals surface area contributed by atoms with Crippen LogP contribution in [0.15, 0.2) is 36.4 Å². The van der Waals surface area contributed by atoms with Crippen LogP contribution in [-0.4, -0.2) is 33.7 Å². The van der Waals surface area contributed by atoms with Gasteiger partial charge in [0.1, 0.15) is 28.9 Å². The summed E-state index contributed by atoms with van der Waals surface area (Å²) in [4.78, 5) is 13.8. The Morgan fingerprint density at radius 3 is 2.44 bits per heavy atom. The third-order valence-electron chi connectivity index (χ3n) is 3.53. The second-order valence-electron chi connectivity index (χ2n) is 5.25. The molecule has 0 saturated carbocycles. The number of carbonyl (C=O) groups excluding carboxylic acids is 1. The van der Waals surface area contributed by atoms with Crippen LogP contribution in [0.25, 0.3) is 0 Å². The Morgan fingerprint density at radius 1 is 1.24 bits per heavy atom. The number of benzene rings is 2. The molecule has 2 aromatic rings. The molecule has 6 nitrogen and oxygen atoms in total. The Kier molecular flexibility index (Phi) is 5.79. The van der Waals surface area contributed by atoms with Gasteiger partial charge in [-0.2, -0.15) is 5.26 Å². The van der Waals surface area contributed by atoms with Crippen molar-refractivity contribution in [1.29, 1.82) is 5.26 Å². The number of likely N-dealkylation sites (N-methyl/N-ethyl adjacent to an activating group) is 1. The second kappa shape index (κ2) is 8.02. The molecular weight excluding hydrogens is 325 g/mol. The standard InChI is InChI=1S/C18H18FN3O3/c1-22(17-6-4-5-16(19)15(17)10-20)11-18(23)21-12-7-13(24-2)9-14(8-12)25-3/h4-9H,11H2,1-3H3,(H,21,23). The summed E-state index contributed by atoms with van der Waals surface area (Å²) in [5, 5.41) is 11.8. The molecule has 0 aliphatic rings. The number of rotatable bonds is 6. The van der Waals surface area contributed by atoms with E-state index < -0.39 is 5.82 Å². The first-order valence-corrected chi connectivity index (χ1v) is 7.41. The quantitative estimate of drug-likeness (QED) is 0.873. The van der Waals surface area contributed by atoms with Gasteiger partial charge in [0, 0.05) is 30.9 Å². The molecule has 0 bridgehead atoms. The highest BCUT2D eigenvalue weighted by Crippen LogP contribution is 2.26. The van der Waals surface area contributed by atoms with E-state index in [4.69, 9.17) is 14.7 Å². The molecule has 0 heterocycles. The summed E-state index contributed by atoms with van der Waals surface area (Å²) < 4.78 is 24.0. The fraction of sp³-hybridized carbons (Fsp3) is 0.222. The van der Waals surface area contributed by atoms with Gasteiger partial charge in [-0.15, -0.1) is 0 Å². The zero-order chi connectivity index (χ0) is 18.4. The summed E-state index contributed by atoms with van der Waals surface area (Å²) in [6, 6.07) is 11.1. The van der Waals surface area contributed by atoms with Crippen molar-refractivity contribution in [3.8, 4) is 17.6 Å². The van der Waals surface area contributed by atoms with Gasteiger partial charge in [-0.3, -0.25) is 4.79 Å². The minimum Gasteiger partial charge on any atom is -0.497 e. The van der Waals surface area contributed by atoms with E-state index in [9.17, 15) is 9.18 Å². The molecule has 0 aliphatic heterocycles. The van der Waals surface area contributed by atoms with Crippen LogP contribution >= 0.6 is 0 Å². The lowest BCUT2D eigenvalue weighted by molar-refractivity contribution is -0.114. The molecule has 2 aromatic carbocycles. The maximum atomic E-state index is 13.7. The number of methoxy groups -OCH3 is 2. The number of hydrogen-bond donors (Lipinski definition) is 1. The van der Waals surface area contributed by atoms with Gasteiger partial charge in [0.15, 0.2) is 0 Å². The molecule has 1 N–H and O–H groups in total. The molecule has 130 valence electrons. The lowest BCUT2D eigenvalue weighted by Crippen LogP contribution is -2.30. The number of nitriles is 1. The highest BCUT2D eigenvalue weighted by Gasteiger charge is 2.15. The highest BCUT2D eigenvalue weighted by atomic mass is 19.1. The number of anilines is 2. The minimum absolute atomic E-state index is 0.0579. The molecule has 7 heteroatoms. The van der Waals surface area contributed by atoms with Gasteiger partial charge in [0.25, 0.3) is 0 Å². The van der Waals surface area contributed by atoms with Crippen LogP contribution in [0.1, 0.15) is 5.56 Å². The Bertz CT molecular complexity index is 795. The lowest BCUT2D eigenvalue weighted by atomic mass is 10.1. The van der Waals surface area contributed by atoms with Gasteiger partial charge < -0.3 is 19.7 Å². The lowest BCUT2D eigenvalue weighted by Gasteiger charge is -2.20. The first-order valence-electron chi connectivity index (χ1n) is 7.41. The largest absolute Gasteiger partial charge is 0.497 e. The predicted molar refractivity (Wildman–Crippen MR) is 92.6 cm³/mol. The Labute approximate surface area is 145 Å². The summed E-state index contributed by atoms with van der Waals surface area (Å²) in [7, 11) is 4.64. The molecule has 0 fully saturated rings. The molecular formula is C18H18FN3O3. The highest BCUT2D eigenvalue weighted by molar-refractivity contribution is 5.94. The molecule has 0 saturated heterocycles. The Balaban J connectivity index is 2.13. The van der Waals surface area contributed by atoms with E-state index in [1.54, 1.807) is 31.3 Å². The van der Waals surface area contributed by atoms with Crippen molar-refractivity contribution in [1.82, 2.24) is 0 Å². The topological polar surface area (TPSA) is 74.6 Å². The number of amides is 1. The van der Waals surface area contributed by atoms with E-state index in [1.807, 2.05) is 6.07 Å². The molecule has 2 rings (SSSR count). The zero-order valence-electron chi connectivity index (χ0n) is 14.2. The minimum atomic E-state index is -0.621. The van der Waals surface area contributed by atoms with Crippen molar-refractivity contribution in [2.24, 2.45) is 0 Å². The van der Waals surface area contributed by atoms with Crippen LogP contribution in [0.3, 0.4) is 0 Å². The van der Waals surface area contributed by atoms with E-state index in [0.29, 0.717) is 22.9 Å².